The van der Waals surface area contributed by atoms with Crippen LogP contribution in [0.1, 0.15) is 33.6 Å². The van der Waals surface area contributed by atoms with Crippen LogP contribution in [-0.4, -0.2) is 34.0 Å². The minimum atomic E-state index is -0.391. The van der Waals surface area contributed by atoms with E-state index in [9.17, 15) is 4.79 Å². The molecule has 3 aliphatic rings. The van der Waals surface area contributed by atoms with Crippen LogP contribution in [0.2, 0.25) is 0 Å². The second kappa shape index (κ2) is 3.37. The first-order valence-corrected chi connectivity index (χ1v) is 6.55. The predicted molar refractivity (Wildman–Crippen MR) is 62.2 cm³/mol. The van der Waals surface area contributed by atoms with Gasteiger partial charge in [-0.1, -0.05) is 15.9 Å². The fourth-order valence-electron chi connectivity index (χ4n) is 2.58. The van der Waals surface area contributed by atoms with Crippen molar-refractivity contribution in [1.29, 1.82) is 0 Å². The minimum Gasteiger partial charge on any atom is -0.444 e. The Kier molecular flexibility index (Phi) is 2.53. The maximum Gasteiger partial charge on any atom is 0.410 e. The summed E-state index contributed by atoms with van der Waals surface area (Å²) in [4.78, 5) is 13.9. The van der Waals surface area contributed by atoms with E-state index in [1.165, 1.54) is 0 Å². The summed E-state index contributed by atoms with van der Waals surface area (Å²) in [6, 6.07) is 0. The monoisotopic (exact) mass is 275 g/mol. The Bertz CT molecular complexity index is 279. The Labute approximate surface area is 99.3 Å². The van der Waals surface area contributed by atoms with Crippen LogP contribution in [0.3, 0.4) is 0 Å². The number of rotatable bonds is 1. The highest BCUT2D eigenvalue weighted by molar-refractivity contribution is 9.09. The van der Waals surface area contributed by atoms with Crippen molar-refractivity contribution in [2.24, 2.45) is 5.92 Å². The number of hydrogen-bond acceptors (Lipinski definition) is 2. The number of nitrogens with zero attached hydrogens (tertiary/aromatic N) is 1. The normalized spacial score (nSPS) is 33.9. The molecule has 0 aromatic carbocycles. The number of carbonyl (C=O) groups is 1. The molecule has 0 spiro atoms. The summed E-state index contributed by atoms with van der Waals surface area (Å²) in [5.41, 5.74) is -0.329. The zero-order chi connectivity index (χ0) is 11.3. The fraction of sp³-hybridized carbons (Fsp3) is 0.909. The smallest absolute Gasteiger partial charge is 0.410 e. The first kappa shape index (κ1) is 11.2. The maximum atomic E-state index is 11.9. The average Bonchev–Trinajstić information content (AvgIpc) is 2.52. The molecule has 3 fully saturated rings. The molecule has 2 bridgehead atoms. The van der Waals surface area contributed by atoms with Crippen molar-refractivity contribution in [3.8, 4) is 0 Å². The number of amides is 1. The van der Waals surface area contributed by atoms with E-state index in [1.54, 1.807) is 0 Å². The molecule has 2 aliphatic heterocycles. The van der Waals surface area contributed by atoms with Crippen LogP contribution < -0.4 is 0 Å². The number of ether oxygens (including phenoxy) is 1. The molecule has 15 heavy (non-hydrogen) atoms. The van der Waals surface area contributed by atoms with E-state index in [1.807, 2.05) is 25.7 Å². The van der Waals surface area contributed by atoms with Crippen LogP contribution >= 0.6 is 15.9 Å². The van der Waals surface area contributed by atoms with Crippen LogP contribution in [0.5, 0.6) is 0 Å². The first-order valence-electron chi connectivity index (χ1n) is 5.43. The highest BCUT2D eigenvalue weighted by atomic mass is 79.9. The molecule has 0 atom stereocenters. The van der Waals surface area contributed by atoms with E-state index < -0.39 is 5.60 Å². The first-order chi connectivity index (χ1) is 6.86. The largest absolute Gasteiger partial charge is 0.444 e. The zero-order valence-electron chi connectivity index (χ0n) is 9.55. The van der Waals surface area contributed by atoms with Crippen molar-refractivity contribution in [3.63, 3.8) is 0 Å². The van der Waals surface area contributed by atoms with Crippen LogP contribution in [-0.2, 0) is 4.74 Å². The van der Waals surface area contributed by atoms with Crippen molar-refractivity contribution in [3.05, 3.63) is 0 Å². The highest BCUT2D eigenvalue weighted by Gasteiger charge is 2.57. The summed E-state index contributed by atoms with van der Waals surface area (Å²) in [6.45, 7) is 6.60. The number of carbonyl (C=O) groups excluding carboxylic acids is 1. The molecule has 0 unspecified atom stereocenters. The lowest BCUT2D eigenvalue weighted by atomic mass is 9.75. The summed E-state index contributed by atoms with van der Waals surface area (Å²) in [7, 11) is 0. The molecule has 0 N–H and O–H groups in total. The molecule has 1 amide bonds. The van der Waals surface area contributed by atoms with E-state index >= 15 is 0 Å². The quantitative estimate of drug-likeness (QED) is 0.689. The molecule has 86 valence electrons. The number of hydrogen-bond donors (Lipinski definition) is 0. The maximum absolute atomic E-state index is 11.9. The zero-order valence-corrected chi connectivity index (χ0v) is 11.1. The van der Waals surface area contributed by atoms with E-state index in [4.69, 9.17) is 4.74 Å². The van der Waals surface area contributed by atoms with E-state index in [0.29, 0.717) is 5.92 Å². The number of alkyl halides is 1. The van der Waals surface area contributed by atoms with Gasteiger partial charge in [0.05, 0.1) is 5.54 Å². The van der Waals surface area contributed by atoms with Crippen molar-refractivity contribution in [2.75, 3.05) is 11.9 Å². The van der Waals surface area contributed by atoms with Crippen molar-refractivity contribution in [1.82, 2.24) is 4.90 Å². The van der Waals surface area contributed by atoms with Gasteiger partial charge in [0, 0.05) is 11.9 Å². The summed E-state index contributed by atoms with van der Waals surface area (Å²) in [5, 5.41) is 0.871. The lowest BCUT2D eigenvalue weighted by Gasteiger charge is -2.40. The second-order valence-electron chi connectivity index (χ2n) is 5.72. The predicted octanol–water partition coefficient (Wildman–Crippen LogP) is 2.78. The van der Waals surface area contributed by atoms with E-state index in [2.05, 4.69) is 15.9 Å². The standard InChI is InChI=1S/C11H18BrNO2/c1-10(2,3)15-9(14)13-6-8-4-11(13,5-8)7-12/h8H,4-7H2,1-3H3. The van der Waals surface area contributed by atoms with Gasteiger partial charge in [-0.05, 0) is 39.5 Å². The molecule has 0 radical (unpaired) electrons. The molecular weight excluding hydrogens is 258 g/mol. The third kappa shape index (κ3) is 1.88. The van der Waals surface area contributed by atoms with Gasteiger partial charge in [-0.3, -0.25) is 0 Å². The lowest BCUT2D eigenvalue weighted by molar-refractivity contribution is 0.0120. The summed E-state index contributed by atoms with van der Waals surface area (Å²) in [6.07, 6.45) is 2.12. The van der Waals surface area contributed by atoms with Gasteiger partial charge in [-0.25, -0.2) is 4.79 Å². The molecule has 2 heterocycles. The molecule has 4 heteroatoms. The Morgan fingerprint density at radius 3 is 2.60 bits per heavy atom. The number of halogens is 1. The van der Waals surface area contributed by atoms with E-state index in [-0.39, 0.29) is 11.6 Å². The molecule has 1 saturated carbocycles. The Hall–Kier alpha value is -0.250. The van der Waals surface area contributed by atoms with Crippen molar-refractivity contribution < 1.29 is 9.53 Å². The second-order valence-corrected chi connectivity index (χ2v) is 6.28. The van der Waals surface area contributed by atoms with Gasteiger partial charge >= 0.3 is 6.09 Å². The van der Waals surface area contributed by atoms with Crippen LogP contribution in [0.25, 0.3) is 0 Å². The van der Waals surface area contributed by atoms with Gasteiger partial charge in [0.1, 0.15) is 5.60 Å². The Balaban J connectivity index is 2.03. The van der Waals surface area contributed by atoms with Crippen LogP contribution in [0, 0.1) is 5.92 Å². The molecule has 1 aliphatic carbocycles. The van der Waals surface area contributed by atoms with Gasteiger partial charge in [-0.2, -0.15) is 0 Å². The topological polar surface area (TPSA) is 29.5 Å². The summed E-state index contributed by atoms with van der Waals surface area (Å²) < 4.78 is 5.41. The van der Waals surface area contributed by atoms with E-state index in [0.717, 1.165) is 24.7 Å². The van der Waals surface area contributed by atoms with Crippen molar-refractivity contribution >= 4 is 22.0 Å². The molecular formula is C11H18BrNO2. The SMILES string of the molecule is CC(C)(C)OC(=O)N1CC2CC1(CBr)C2. The summed E-state index contributed by atoms with van der Waals surface area (Å²) in [5.74, 6) is 0.704. The van der Waals surface area contributed by atoms with Gasteiger partial charge in [0.25, 0.3) is 0 Å². The van der Waals surface area contributed by atoms with Crippen LogP contribution in [0.4, 0.5) is 4.79 Å². The number of fused-ring (bicyclic) bond motifs is 1. The van der Waals surface area contributed by atoms with Crippen molar-refractivity contribution in [2.45, 2.75) is 44.8 Å². The van der Waals surface area contributed by atoms with Gasteiger partial charge in [-0.15, -0.1) is 0 Å². The summed E-state index contributed by atoms with van der Waals surface area (Å²) >= 11 is 3.51. The molecule has 2 saturated heterocycles. The van der Waals surface area contributed by atoms with Gasteiger partial charge in [0.2, 0.25) is 0 Å². The minimum absolute atomic E-state index is 0.0625. The van der Waals surface area contributed by atoms with Crippen LogP contribution in [0.15, 0.2) is 0 Å². The molecule has 3 rings (SSSR count). The lowest BCUT2D eigenvalue weighted by Crippen LogP contribution is -2.51. The Morgan fingerprint density at radius 1 is 1.53 bits per heavy atom. The molecule has 0 aromatic rings. The Morgan fingerprint density at radius 2 is 2.13 bits per heavy atom. The van der Waals surface area contributed by atoms with Gasteiger partial charge in [0.15, 0.2) is 0 Å². The average molecular weight is 276 g/mol. The third-order valence-corrected chi connectivity index (χ3v) is 4.26. The molecule has 3 nitrogen and oxygen atoms in total. The molecule has 0 aromatic heterocycles. The fourth-order valence-corrected chi connectivity index (χ4v) is 3.34. The highest BCUT2D eigenvalue weighted by Crippen LogP contribution is 2.51. The third-order valence-electron chi connectivity index (χ3n) is 3.21. The van der Waals surface area contributed by atoms with Gasteiger partial charge < -0.3 is 9.64 Å².